The molecule has 1 aromatic heterocycles. The molecule has 23 heavy (non-hydrogen) atoms. The molecule has 0 aliphatic heterocycles. The quantitative estimate of drug-likeness (QED) is 0.807. The third-order valence-corrected chi connectivity index (χ3v) is 4.26. The summed E-state index contributed by atoms with van der Waals surface area (Å²) >= 11 is 1.27. The van der Waals surface area contributed by atoms with Crippen molar-refractivity contribution >= 4 is 39.1 Å². The van der Waals surface area contributed by atoms with Crippen molar-refractivity contribution in [1.29, 1.82) is 0 Å². The lowest BCUT2D eigenvalue weighted by atomic mass is 10.1. The largest absolute Gasteiger partial charge is 0.456 e. The van der Waals surface area contributed by atoms with Gasteiger partial charge in [-0.15, -0.1) is 11.3 Å². The average Bonchev–Trinajstić information content (AvgIpc) is 2.91. The first kappa shape index (κ1) is 17.3. The van der Waals surface area contributed by atoms with E-state index in [-0.39, 0.29) is 12.5 Å². The van der Waals surface area contributed by atoms with Crippen LogP contribution in [0.15, 0.2) is 29.6 Å². The number of amides is 1. The topological polar surface area (TPSA) is 85.4 Å². The second-order valence-corrected chi connectivity index (χ2v) is 7.11. The molecule has 0 fully saturated rings. The van der Waals surface area contributed by atoms with Gasteiger partial charge in [0.2, 0.25) is 5.91 Å². The SMILES string of the molecule is CC(=O)Nc1nc(COC(=O)c2cccc(CS(C)=O)c2)cs1. The molecule has 0 saturated carbocycles. The Hall–Kier alpha value is -2.06. The molecule has 1 unspecified atom stereocenters. The number of hydrogen-bond donors (Lipinski definition) is 1. The highest BCUT2D eigenvalue weighted by atomic mass is 32.2. The summed E-state index contributed by atoms with van der Waals surface area (Å²) in [4.78, 5) is 27.1. The number of hydrogen-bond acceptors (Lipinski definition) is 6. The van der Waals surface area contributed by atoms with Crippen LogP contribution in [0.3, 0.4) is 0 Å². The van der Waals surface area contributed by atoms with Crippen molar-refractivity contribution in [2.24, 2.45) is 0 Å². The van der Waals surface area contributed by atoms with E-state index in [4.69, 9.17) is 4.74 Å². The Kier molecular flexibility index (Phi) is 6.00. The van der Waals surface area contributed by atoms with Gasteiger partial charge in [-0.3, -0.25) is 9.00 Å². The maximum atomic E-state index is 12.0. The molecule has 1 amide bonds. The second-order valence-electron chi connectivity index (χ2n) is 4.82. The molecule has 8 heteroatoms. The van der Waals surface area contributed by atoms with Gasteiger partial charge in [0.15, 0.2) is 5.13 Å². The van der Waals surface area contributed by atoms with Crippen LogP contribution in [-0.4, -0.2) is 27.3 Å². The molecule has 0 aliphatic rings. The number of carbonyl (C=O) groups excluding carboxylic acids is 2. The Morgan fingerprint density at radius 2 is 2.17 bits per heavy atom. The van der Waals surface area contributed by atoms with Crippen molar-refractivity contribution in [3.05, 3.63) is 46.5 Å². The number of esters is 1. The third kappa shape index (κ3) is 5.57. The summed E-state index contributed by atoms with van der Waals surface area (Å²) in [6, 6.07) is 6.87. The van der Waals surface area contributed by atoms with Crippen LogP contribution >= 0.6 is 11.3 Å². The van der Waals surface area contributed by atoms with Crippen molar-refractivity contribution in [3.8, 4) is 0 Å². The zero-order chi connectivity index (χ0) is 16.8. The molecule has 1 atom stereocenters. The van der Waals surface area contributed by atoms with E-state index < -0.39 is 16.8 Å². The first-order valence-electron chi connectivity index (χ1n) is 6.72. The van der Waals surface area contributed by atoms with Crippen molar-refractivity contribution in [1.82, 2.24) is 4.98 Å². The number of nitrogens with one attached hydrogen (secondary N) is 1. The lowest BCUT2D eigenvalue weighted by Crippen LogP contribution is -2.07. The highest BCUT2D eigenvalue weighted by molar-refractivity contribution is 7.83. The van der Waals surface area contributed by atoms with Crippen molar-refractivity contribution in [2.75, 3.05) is 11.6 Å². The number of ether oxygens (including phenoxy) is 1. The van der Waals surface area contributed by atoms with E-state index in [0.29, 0.717) is 22.1 Å². The number of nitrogens with zero attached hydrogens (tertiary/aromatic N) is 1. The Balaban J connectivity index is 1.95. The van der Waals surface area contributed by atoms with Gasteiger partial charge < -0.3 is 10.1 Å². The van der Waals surface area contributed by atoms with Crippen LogP contribution in [0, 0.1) is 0 Å². The second kappa shape index (κ2) is 7.98. The molecule has 6 nitrogen and oxygen atoms in total. The summed E-state index contributed by atoms with van der Waals surface area (Å²) in [7, 11) is -0.969. The van der Waals surface area contributed by atoms with E-state index in [0.717, 1.165) is 5.56 Å². The van der Waals surface area contributed by atoms with Crippen molar-refractivity contribution in [2.45, 2.75) is 19.3 Å². The molecule has 0 saturated heterocycles. The summed E-state index contributed by atoms with van der Waals surface area (Å²) < 4.78 is 16.5. The van der Waals surface area contributed by atoms with Crippen molar-refractivity contribution in [3.63, 3.8) is 0 Å². The molecule has 1 heterocycles. The minimum absolute atomic E-state index is 0.0266. The maximum Gasteiger partial charge on any atom is 0.338 e. The smallest absolute Gasteiger partial charge is 0.338 e. The van der Waals surface area contributed by atoms with Gasteiger partial charge >= 0.3 is 5.97 Å². The van der Waals surface area contributed by atoms with Crippen molar-refractivity contribution < 1.29 is 18.5 Å². The van der Waals surface area contributed by atoms with Gasteiger partial charge in [-0.05, 0) is 17.7 Å². The van der Waals surface area contributed by atoms with Gasteiger partial charge in [0.1, 0.15) is 6.61 Å². The summed E-state index contributed by atoms with van der Waals surface area (Å²) in [6.45, 7) is 1.43. The standard InChI is InChI=1S/C15H16N2O4S2/c1-10(18)16-15-17-13(8-22-15)7-21-14(19)12-5-3-4-11(6-12)9-23(2)20/h3-6,8H,7,9H2,1-2H3,(H,16,17,18). The molecular weight excluding hydrogens is 336 g/mol. The molecule has 0 radical (unpaired) electrons. The van der Waals surface area contributed by atoms with E-state index >= 15 is 0 Å². The number of rotatable bonds is 6. The molecule has 0 aliphatic carbocycles. The van der Waals surface area contributed by atoms with E-state index in [2.05, 4.69) is 10.3 Å². The Labute approximate surface area is 140 Å². The molecule has 0 bridgehead atoms. The fourth-order valence-corrected chi connectivity index (χ4v) is 3.22. The zero-order valence-electron chi connectivity index (χ0n) is 12.7. The fraction of sp³-hybridized carbons (Fsp3) is 0.267. The van der Waals surface area contributed by atoms with Crippen LogP contribution in [0.25, 0.3) is 0 Å². The zero-order valence-corrected chi connectivity index (χ0v) is 14.3. The van der Waals surface area contributed by atoms with Crippen LogP contribution in [0.2, 0.25) is 0 Å². The molecule has 0 spiro atoms. The summed E-state index contributed by atoms with van der Waals surface area (Å²) in [6.07, 6.45) is 1.61. The van der Waals surface area contributed by atoms with E-state index in [1.165, 1.54) is 18.3 Å². The van der Waals surface area contributed by atoms with E-state index in [9.17, 15) is 13.8 Å². The molecule has 122 valence electrons. The van der Waals surface area contributed by atoms with Crippen LogP contribution in [0.4, 0.5) is 5.13 Å². The van der Waals surface area contributed by atoms with Gasteiger partial charge in [0, 0.05) is 35.1 Å². The highest BCUT2D eigenvalue weighted by Gasteiger charge is 2.10. The number of benzene rings is 1. The lowest BCUT2D eigenvalue weighted by molar-refractivity contribution is -0.114. The Bertz CT molecular complexity index is 743. The first-order chi connectivity index (χ1) is 10.9. The molecule has 1 aromatic carbocycles. The lowest BCUT2D eigenvalue weighted by Gasteiger charge is -2.05. The van der Waals surface area contributed by atoms with Gasteiger partial charge in [0.25, 0.3) is 0 Å². The molecule has 2 aromatic rings. The third-order valence-electron chi connectivity index (χ3n) is 2.72. The number of aromatic nitrogens is 1. The summed E-state index contributed by atoms with van der Waals surface area (Å²) in [5.41, 5.74) is 1.80. The summed E-state index contributed by atoms with van der Waals surface area (Å²) in [5, 5.41) is 4.76. The van der Waals surface area contributed by atoms with Crippen LogP contribution in [-0.2, 0) is 32.7 Å². The van der Waals surface area contributed by atoms with Gasteiger partial charge in [0.05, 0.1) is 11.3 Å². The molecule has 2 rings (SSSR count). The number of thiazole rings is 1. The van der Waals surface area contributed by atoms with Gasteiger partial charge in [-0.25, -0.2) is 9.78 Å². The number of anilines is 1. The van der Waals surface area contributed by atoms with Crippen LogP contribution in [0.5, 0.6) is 0 Å². The average molecular weight is 352 g/mol. The fourth-order valence-electron chi connectivity index (χ4n) is 1.83. The number of carbonyl (C=O) groups is 2. The van der Waals surface area contributed by atoms with Crippen LogP contribution in [0.1, 0.15) is 28.5 Å². The van der Waals surface area contributed by atoms with Crippen LogP contribution < -0.4 is 5.32 Å². The first-order valence-corrected chi connectivity index (χ1v) is 9.33. The van der Waals surface area contributed by atoms with E-state index in [1.54, 1.807) is 29.8 Å². The van der Waals surface area contributed by atoms with E-state index in [1.807, 2.05) is 6.07 Å². The summed E-state index contributed by atoms with van der Waals surface area (Å²) in [5.74, 6) is -0.274. The Morgan fingerprint density at radius 3 is 2.87 bits per heavy atom. The van der Waals surface area contributed by atoms with Gasteiger partial charge in [-0.2, -0.15) is 0 Å². The maximum absolute atomic E-state index is 12.0. The monoisotopic (exact) mass is 352 g/mol. The Morgan fingerprint density at radius 1 is 1.39 bits per heavy atom. The molecule has 1 N–H and O–H groups in total. The predicted octanol–water partition coefficient (Wildman–Crippen LogP) is 2.34. The normalized spacial score (nSPS) is 11.7. The minimum Gasteiger partial charge on any atom is -0.456 e. The van der Waals surface area contributed by atoms with Gasteiger partial charge in [-0.1, -0.05) is 12.1 Å². The predicted molar refractivity (Wildman–Crippen MR) is 89.7 cm³/mol. The minimum atomic E-state index is -0.969. The molecular formula is C15H16N2O4S2. The highest BCUT2D eigenvalue weighted by Crippen LogP contribution is 2.16.